The van der Waals surface area contributed by atoms with Crippen LogP contribution in [0.1, 0.15) is 39.2 Å². The lowest BCUT2D eigenvalue weighted by Gasteiger charge is -2.46. The summed E-state index contributed by atoms with van der Waals surface area (Å²) in [6.45, 7) is 5.48. The molecule has 1 saturated carbocycles. The van der Waals surface area contributed by atoms with Crippen molar-refractivity contribution in [1.82, 2.24) is 5.32 Å². The second kappa shape index (κ2) is 5.37. The Kier molecular flexibility index (Phi) is 4.12. The lowest BCUT2D eigenvalue weighted by molar-refractivity contribution is -0.0124. The van der Waals surface area contributed by atoms with Gasteiger partial charge in [0.15, 0.2) is 0 Å². The van der Waals surface area contributed by atoms with Crippen LogP contribution in [0.4, 0.5) is 4.79 Å². The number of nitrogens with one attached hydrogen (secondary N) is 1. The van der Waals surface area contributed by atoms with Crippen molar-refractivity contribution in [1.29, 1.82) is 0 Å². The van der Waals surface area contributed by atoms with Crippen LogP contribution in [-0.4, -0.2) is 22.9 Å². The van der Waals surface area contributed by atoms with E-state index in [4.69, 9.17) is 4.74 Å². The Morgan fingerprint density at radius 3 is 2.35 bits per heavy atom. The molecule has 0 spiro atoms. The Balaban J connectivity index is 2.14. The molecule has 0 atom stereocenters. The van der Waals surface area contributed by atoms with Gasteiger partial charge in [-0.15, -0.1) is 0 Å². The molecule has 5 heteroatoms. The predicted octanol–water partition coefficient (Wildman–Crippen LogP) is 3.32. The maximum atomic E-state index is 12.0. The number of ether oxygens (including phenoxy) is 1. The molecule has 4 nitrogen and oxygen atoms in total. The third-order valence-corrected chi connectivity index (χ3v) is 3.83. The molecular formula is C15H20BrNO3. The van der Waals surface area contributed by atoms with Gasteiger partial charge in [-0.05, 0) is 38.5 Å². The number of benzene rings is 1. The zero-order valence-corrected chi connectivity index (χ0v) is 13.5. The van der Waals surface area contributed by atoms with Crippen molar-refractivity contribution >= 4 is 22.0 Å². The van der Waals surface area contributed by atoms with Crippen molar-refractivity contribution in [3.8, 4) is 0 Å². The molecule has 2 N–H and O–H groups in total. The van der Waals surface area contributed by atoms with Crippen LogP contribution in [0.3, 0.4) is 0 Å². The van der Waals surface area contributed by atoms with Gasteiger partial charge in [-0.3, -0.25) is 0 Å². The smallest absolute Gasteiger partial charge is 0.408 e. The summed E-state index contributed by atoms with van der Waals surface area (Å²) in [4.78, 5) is 12.0. The van der Waals surface area contributed by atoms with Crippen LogP contribution in [0.5, 0.6) is 0 Å². The number of alkyl carbamates (subject to hydrolysis) is 1. The van der Waals surface area contributed by atoms with Crippen LogP contribution >= 0.6 is 15.9 Å². The minimum Gasteiger partial charge on any atom is -0.444 e. The van der Waals surface area contributed by atoms with Crippen LogP contribution in [0, 0.1) is 0 Å². The molecule has 1 aliphatic carbocycles. The number of carbonyl (C=O) groups excluding carboxylic acids is 1. The Labute approximate surface area is 127 Å². The molecular weight excluding hydrogens is 322 g/mol. The Morgan fingerprint density at radius 1 is 1.35 bits per heavy atom. The summed E-state index contributed by atoms with van der Waals surface area (Å²) < 4.78 is 6.29. The number of rotatable bonds is 2. The fraction of sp³-hybridized carbons (Fsp3) is 0.533. The van der Waals surface area contributed by atoms with Gasteiger partial charge in [0.2, 0.25) is 0 Å². The molecule has 0 saturated heterocycles. The molecule has 0 unspecified atom stereocenters. The average Bonchev–Trinajstić information content (AvgIpc) is 2.24. The maximum Gasteiger partial charge on any atom is 0.408 e. The first kappa shape index (κ1) is 15.3. The molecule has 0 heterocycles. The van der Waals surface area contributed by atoms with E-state index in [9.17, 15) is 9.90 Å². The van der Waals surface area contributed by atoms with Crippen LogP contribution in [0.25, 0.3) is 0 Å². The molecule has 20 heavy (non-hydrogen) atoms. The number of carbonyl (C=O) groups is 1. The highest BCUT2D eigenvalue weighted by atomic mass is 79.9. The largest absolute Gasteiger partial charge is 0.444 e. The number of aliphatic hydroxyl groups is 1. The lowest BCUT2D eigenvalue weighted by Crippen LogP contribution is -2.57. The first-order chi connectivity index (χ1) is 9.20. The van der Waals surface area contributed by atoms with Gasteiger partial charge < -0.3 is 15.2 Å². The van der Waals surface area contributed by atoms with Crippen molar-refractivity contribution in [3.05, 3.63) is 34.3 Å². The molecule has 1 aliphatic rings. The minimum absolute atomic E-state index is 0.381. The van der Waals surface area contributed by atoms with Crippen LogP contribution < -0.4 is 5.32 Å². The van der Waals surface area contributed by atoms with E-state index < -0.39 is 17.2 Å². The second-order valence-corrected chi connectivity index (χ2v) is 7.19. The SMILES string of the molecule is CC(C)(C)OC(=O)NC1(c2ccc(Br)cc2)CC(O)C1. The van der Waals surface area contributed by atoms with Gasteiger partial charge in [0.05, 0.1) is 11.6 Å². The molecule has 1 fully saturated rings. The third kappa shape index (κ3) is 3.52. The van der Waals surface area contributed by atoms with E-state index in [0.29, 0.717) is 12.8 Å². The van der Waals surface area contributed by atoms with Crippen molar-refractivity contribution in [2.75, 3.05) is 0 Å². The number of hydrogen-bond donors (Lipinski definition) is 2. The summed E-state index contributed by atoms with van der Waals surface area (Å²) in [6.07, 6.45) is 0.183. The molecule has 2 rings (SSSR count). The van der Waals surface area contributed by atoms with E-state index in [1.807, 2.05) is 45.0 Å². The predicted molar refractivity (Wildman–Crippen MR) is 80.4 cm³/mol. The third-order valence-electron chi connectivity index (χ3n) is 3.31. The quantitative estimate of drug-likeness (QED) is 0.867. The summed E-state index contributed by atoms with van der Waals surface area (Å²) in [6, 6.07) is 7.76. The van der Waals surface area contributed by atoms with Gasteiger partial charge >= 0.3 is 6.09 Å². The monoisotopic (exact) mass is 341 g/mol. The molecule has 110 valence electrons. The normalized spacial score (nSPS) is 25.8. The molecule has 1 amide bonds. The minimum atomic E-state index is -0.534. The van der Waals surface area contributed by atoms with E-state index in [2.05, 4.69) is 21.2 Å². The summed E-state index contributed by atoms with van der Waals surface area (Å²) >= 11 is 3.39. The maximum absolute atomic E-state index is 12.0. The Morgan fingerprint density at radius 2 is 1.90 bits per heavy atom. The van der Waals surface area contributed by atoms with E-state index in [0.717, 1.165) is 10.0 Å². The zero-order chi connectivity index (χ0) is 15.0. The summed E-state index contributed by atoms with van der Waals surface area (Å²) in [5, 5.41) is 12.6. The fourth-order valence-corrected chi connectivity index (χ4v) is 2.69. The number of halogens is 1. The number of hydrogen-bond acceptors (Lipinski definition) is 3. The van der Waals surface area contributed by atoms with E-state index in [1.165, 1.54) is 0 Å². The summed E-state index contributed by atoms with van der Waals surface area (Å²) in [7, 11) is 0. The molecule has 1 aromatic carbocycles. The van der Waals surface area contributed by atoms with Gasteiger partial charge in [0.1, 0.15) is 5.60 Å². The Hall–Kier alpha value is -1.07. The van der Waals surface area contributed by atoms with Gasteiger partial charge in [-0.25, -0.2) is 4.79 Å². The average molecular weight is 342 g/mol. The van der Waals surface area contributed by atoms with Crippen molar-refractivity contribution in [2.45, 2.75) is 50.9 Å². The van der Waals surface area contributed by atoms with E-state index in [-0.39, 0.29) is 6.10 Å². The highest BCUT2D eigenvalue weighted by Gasteiger charge is 2.46. The fourth-order valence-electron chi connectivity index (χ4n) is 2.42. The standard InChI is InChI=1S/C15H20BrNO3/c1-14(2,3)20-13(19)17-15(8-12(18)9-15)10-4-6-11(16)7-5-10/h4-7,12,18H,8-9H2,1-3H3,(H,17,19). The van der Waals surface area contributed by atoms with E-state index >= 15 is 0 Å². The molecule has 1 aromatic rings. The summed E-state index contributed by atoms with van der Waals surface area (Å²) in [5.74, 6) is 0. The topological polar surface area (TPSA) is 58.6 Å². The first-order valence-electron chi connectivity index (χ1n) is 6.65. The Bertz CT molecular complexity index is 487. The first-order valence-corrected chi connectivity index (χ1v) is 7.45. The van der Waals surface area contributed by atoms with Gasteiger partial charge in [-0.2, -0.15) is 0 Å². The lowest BCUT2D eigenvalue weighted by atomic mass is 9.70. The van der Waals surface area contributed by atoms with Crippen LogP contribution in [0.15, 0.2) is 28.7 Å². The molecule has 0 radical (unpaired) electrons. The zero-order valence-electron chi connectivity index (χ0n) is 11.9. The molecule has 0 aromatic heterocycles. The van der Waals surface area contributed by atoms with Gasteiger partial charge in [0, 0.05) is 17.3 Å². The highest BCUT2D eigenvalue weighted by Crippen LogP contribution is 2.42. The second-order valence-electron chi connectivity index (χ2n) is 6.28. The van der Waals surface area contributed by atoms with Gasteiger partial charge in [-0.1, -0.05) is 28.1 Å². The van der Waals surface area contributed by atoms with Crippen LogP contribution in [0.2, 0.25) is 0 Å². The van der Waals surface area contributed by atoms with Crippen molar-refractivity contribution < 1.29 is 14.6 Å². The molecule has 0 aliphatic heterocycles. The van der Waals surface area contributed by atoms with E-state index in [1.54, 1.807) is 0 Å². The molecule has 0 bridgehead atoms. The number of amides is 1. The van der Waals surface area contributed by atoms with Crippen molar-refractivity contribution in [2.24, 2.45) is 0 Å². The highest BCUT2D eigenvalue weighted by molar-refractivity contribution is 9.10. The number of aliphatic hydroxyl groups excluding tert-OH is 1. The van der Waals surface area contributed by atoms with Crippen LogP contribution in [-0.2, 0) is 10.3 Å². The van der Waals surface area contributed by atoms with Gasteiger partial charge in [0.25, 0.3) is 0 Å². The van der Waals surface area contributed by atoms with Crippen molar-refractivity contribution in [3.63, 3.8) is 0 Å². The summed E-state index contributed by atoms with van der Waals surface area (Å²) in [5.41, 5.74) is -0.0765.